The molecule has 1 aliphatic rings. The minimum Gasteiger partial charge on any atom is -0.338 e. The van der Waals surface area contributed by atoms with Crippen LogP contribution in [-0.2, 0) is 11.2 Å². The average Bonchev–Trinajstić information content (AvgIpc) is 2.69. The van der Waals surface area contributed by atoms with Crippen LogP contribution in [0.1, 0.15) is 44.1 Å². The maximum atomic E-state index is 13.5. The van der Waals surface area contributed by atoms with Gasteiger partial charge in [0.15, 0.2) is 0 Å². The second kappa shape index (κ2) is 6.66. The van der Waals surface area contributed by atoms with Gasteiger partial charge in [-0.05, 0) is 25.0 Å². The molecule has 0 bridgehead atoms. The van der Waals surface area contributed by atoms with Crippen molar-refractivity contribution in [1.29, 1.82) is 5.26 Å². The number of nitriles is 1. The van der Waals surface area contributed by atoms with Crippen LogP contribution >= 0.6 is 0 Å². The van der Waals surface area contributed by atoms with Gasteiger partial charge >= 0.3 is 0 Å². The third-order valence-electron chi connectivity index (χ3n) is 3.95. The van der Waals surface area contributed by atoms with E-state index in [0.29, 0.717) is 12.8 Å². The molecule has 1 aromatic rings. The lowest BCUT2D eigenvalue weighted by molar-refractivity contribution is -0.122. The van der Waals surface area contributed by atoms with Gasteiger partial charge in [-0.1, -0.05) is 31.7 Å². The molecule has 3 nitrogen and oxygen atoms in total. The molecule has 1 saturated carbocycles. The minimum absolute atomic E-state index is 0.253. The zero-order chi connectivity index (χ0) is 15.3. The lowest BCUT2D eigenvalue weighted by Gasteiger charge is -2.26. The largest absolute Gasteiger partial charge is 0.338 e. The van der Waals surface area contributed by atoms with Gasteiger partial charge in [-0.25, -0.2) is 8.78 Å². The lowest BCUT2D eigenvalue weighted by atomic mass is 9.91. The van der Waals surface area contributed by atoms with E-state index < -0.39 is 23.1 Å². The third-order valence-corrected chi connectivity index (χ3v) is 3.95. The molecule has 1 aromatic carbocycles. The van der Waals surface area contributed by atoms with E-state index in [-0.39, 0.29) is 12.0 Å². The summed E-state index contributed by atoms with van der Waals surface area (Å²) in [7, 11) is 0. The molecule has 1 aliphatic carbocycles. The topological polar surface area (TPSA) is 52.9 Å². The number of benzene rings is 1. The highest BCUT2D eigenvalue weighted by molar-refractivity contribution is 5.80. The fourth-order valence-corrected chi connectivity index (χ4v) is 2.77. The van der Waals surface area contributed by atoms with Gasteiger partial charge in [-0.2, -0.15) is 5.26 Å². The van der Waals surface area contributed by atoms with Gasteiger partial charge in [-0.3, -0.25) is 4.79 Å². The molecule has 0 saturated heterocycles. The number of halogens is 2. The van der Waals surface area contributed by atoms with E-state index in [0.717, 1.165) is 37.8 Å². The number of rotatable bonds is 3. The zero-order valence-electron chi connectivity index (χ0n) is 11.8. The van der Waals surface area contributed by atoms with Crippen LogP contribution in [0.25, 0.3) is 0 Å². The summed E-state index contributed by atoms with van der Waals surface area (Å²) in [5.74, 6) is -1.99. The number of hydrogen-bond donors (Lipinski definition) is 1. The maximum absolute atomic E-state index is 13.5. The van der Waals surface area contributed by atoms with E-state index in [1.807, 2.05) is 0 Å². The van der Waals surface area contributed by atoms with E-state index in [9.17, 15) is 18.8 Å². The average molecular weight is 292 g/mol. The van der Waals surface area contributed by atoms with Gasteiger partial charge in [0.05, 0.1) is 12.5 Å². The van der Waals surface area contributed by atoms with E-state index in [2.05, 4.69) is 11.4 Å². The molecular formula is C16H18F2N2O. The van der Waals surface area contributed by atoms with Crippen LogP contribution < -0.4 is 5.32 Å². The van der Waals surface area contributed by atoms with Gasteiger partial charge in [0, 0.05) is 5.56 Å². The van der Waals surface area contributed by atoms with Gasteiger partial charge in [-0.15, -0.1) is 0 Å². The number of carbonyl (C=O) groups is 1. The predicted octanol–water partition coefficient (Wildman–Crippen LogP) is 3.24. The Morgan fingerprint density at radius 3 is 2.29 bits per heavy atom. The molecule has 21 heavy (non-hydrogen) atoms. The summed E-state index contributed by atoms with van der Waals surface area (Å²) in [6.45, 7) is 0. The van der Waals surface area contributed by atoms with Crippen LogP contribution in [0.4, 0.5) is 8.78 Å². The normalized spacial score (nSPS) is 17.6. The quantitative estimate of drug-likeness (QED) is 0.869. The first-order chi connectivity index (χ1) is 10.1. The Balaban J connectivity index is 2.08. The van der Waals surface area contributed by atoms with Gasteiger partial charge in [0.2, 0.25) is 5.91 Å². The fourth-order valence-electron chi connectivity index (χ4n) is 2.77. The molecule has 0 heterocycles. The van der Waals surface area contributed by atoms with Crippen molar-refractivity contribution < 1.29 is 13.6 Å². The summed E-state index contributed by atoms with van der Waals surface area (Å²) >= 11 is 0. The Bertz CT molecular complexity index is 538. The van der Waals surface area contributed by atoms with Gasteiger partial charge < -0.3 is 5.32 Å². The van der Waals surface area contributed by atoms with Gasteiger partial charge in [0.1, 0.15) is 17.2 Å². The third kappa shape index (κ3) is 3.78. The Labute approximate surface area is 123 Å². The van der Waals surface area contributed by atoms with Crippen molar-refractivity contribution in [2.75, 3.05) is 0 Å². The van der Waals surface area contributed by atoms with Crippen LogP contribution in [0, 0.1) is 23.0 Å². The molecule has 0 aliphatic heterocycles. The number of nitrogens with one attached hydrogen (secondary N) is 1. The summed E-state index contributed by atoms with van der Waals surface area (Å²) in [6, 6.07) is 5.69. The first-order valence-corrected chi connectivity index (χ1v) is 7.21. The molecule has 0 unspecified atom stereocenters. The van der Waals surface area contributed by atoms with Crippen molar-refractivity contribution in [1.82, 2.24) is 5.32 Å². The maximum Gasteiger partial charge on any atom is 0.225 e. The second-order valence-electron chi connectivity index (χ2n) is 5.53. The van der Waals surface area contributed by atoms with Crippen LogP contribution in [0.5, 0.6) is 0 Å². The highest BCUT2D eigenvalue weighted by atomic mass is 19.1. The SMILES string of the molecule is N#CC1(NC(=O)Cc2c(F)cccc2F)CCCCCC1. The van der Waals surface area contributed by atoms with Crippen molar-refractivity contribution in [2.24, 2.45) is 0 Å². The molecular weight excluding hydrogens is 274 g/mol. The standard InChI is InChI=1S/C16H18F2N2O/c17-13-6-5-7-14(18)12(13)10-15(21)20-16(11-19)8-3-1-2-4-9-16/h5-7H,1-4,8-10H2,(H,20,21). The smallest absolute Gasteiger partial charge is 0.225 e. The second-order valence-corrected chi connectivity index (χ2v) is 5.53. The van der Waals surface area contributed by atoms with Crippen molar-refractivity contribution in [2.45, 2.75) is 50.5 Å². The van der Waals surface area contributed by atoms with Crippen LogP contribution in [0.3, 0.4) is 0 Å². The number of carbonyl (C=O) groups excluding carboxylic acids is 1. The summed E-state index contributed by atoms with van der Waals surface area (Å²) < 4.78 is 27.1. The monoisotopic (exact) mass is 292 g/mol. The van der Waals surface area contributed by atoms with E-state index in [1.54, 1.807) is 0 Å². The van der Waals surface area contributed by atoms with Gasteiger partial charge in [0.25, 0.3) is 0 Å². The molecule has 2 rings (SSSR count). The molecule has 0 radical (unpaired) electrons. The molecule has 112 valence electrons. The van der Waals surface area contributed by atoms with Crippen LogP contribution in [0.15, 0.2) is 18.2 Å². The minimum atomic E-state index is -0.894. The molecule has 0 spiro atoms. The Morgan fingerprint density at radius 2 is 1.76 bits per heavy atom. The van der Waals surface area contributed by atoms with Crippen molar-refractivity contribution in [3.63, 3.8) is 0 Å². The predicted molar refractivity (Wildman–Crippen MR) is 74.3 cm³/mol. The Morgan fingerprint density at radius 1 is 1.19 bits per heavy atom. The summed E-state index contributed by atoms with van der Waals surface area (Å²) in [5.41, 5.74) is -1.15. The zero-order valence-corrected chi connectivity index (χ0v) is 11.8. The number of amides is 1. The van der Waals surface area contributed by atoms with Crippen molar-refractivity contribution >= 4 is 5.91 Å². The first kappa shape index (κ1) is 15.4. The summed E-state index contributed by atoms with van der Waals surface area (Å²) in [4.78, 5) is 12.1. The molecule has 0 atom stereocenters. The van der Waals surface area contributed by atoms with E-state index in [1.165, 1.54) is 6.07 Å². The van der Waals surface area contributed by atoms with E-state index >= 15 is 0 Å². The van der Waals surface area contributed by atoms with E-state index in [4.69, 9.17) is 0 Å². The number of hydrogen-bond acceptors (Lipinski definition) is 2. The first-order valence-electron chi connectivity index (χ1n) is 7.21. The highest BCUT2D eigenvalue weighted by Gasteiger charge is 2.32. The van der Waals surface area contributed by atoms with Crippen LogP contribution in [-0.4, -0.2) is 11.4 Å². The summed E-state index contributed by atoms with van der Waals surface area (Å²) in [6.07, 6.45) is 4.64. The van der Waals surface area contributed by atoms with Crippen molar-refractivity contribution in [3.05, 3.63) is 35.4 Å². The Kier molecular flexibility index (Phi) is 4.89. The summed E-state index contributed by atoms with van der Waals surface area (Å²) in [5, 5.41) is 12.1. The molecule has 1 N–H and O–H groups in total. The highest BCUT2D eigenvalue weighted by Crippen LogP contribution is 2.26. The molecule has 5 heteroatoms. The molecule has 0 aromatic heterocycles. The Hall–Kier alpha value is -1.96. The molecule has 1 fully saturated rings. The number of nitrogens with zero attached hydrogens (tertiary/aromatic N) is 1. The van der Waals surface area contributed by atoms with Crippen molar-refractivity contribution in [3.8, 4) is 6.07 Å². The van der Waals surface area contributed by atoms with Crippen LogP contribution in [0.2, 0.25) is 0 Å². The molecule has 1 amide bonds. The lowest BCUT2D eigenvalue weighted by Crippen LogP contribution is -2.47. The fraction of sp³-hybridized carbons (Fsp3) is 0.500.